The fraction of sp³-hybridized carbons (Fsp3) is 0.375. The Bertz CT molecular complexity index is 293. The molecule has 72 valence electrons. The third kappa shape index (κ3) is 2.22. The van der Waals surface area contributed by atoms with Crippen LogP contribution < -0.4 is 5.73 Å². The second-order valence-electron chi connectivity index (χ2n) is 2.56. The van der Waals surface area contributed by atoms with Crippen molar-refractivity contribution in [2.24, 2.45) is 10.9 Å². The lowest BCUT2D eigenvalue weighted by atomic mass is 10.4. The number of oxime groups is 1. The average molecular weight is 183 g/mol. The highest BCUT2D eigenvalue weighted by Gasteiger charge is 2.04. The van der Waals surface area contributed by atoms with E-state index in [1.54, 1.807) is 13.2 Å². The lowest BCUT2D eigenvalue weighted by Crippen LogP contribution is -2.19. The van der Waals surface area contributed by atoms with Gasteiger partial charge in [0.25, 0.3) is 0 Å². The Morgan fingerprint density at radius 2 is 2.54 bits per heavy atom. The second-order valence-corrected chi connectivity index (χ2v) is 2.56. The Balaban J connectivity index is 2.77. The highest BCUT2D eigenvalue weighted by atomic mass is 16.5. The Hall–Kier alpha value is -1.49. The largest absolute Gasteiger partial charge is 0.409 e. The summed E-state index contributed by atoms with van der Waals surface area (Å²) in [6.45, 7) is 1.29. The Morgan fingerprint density at radius 3 is 3.15 bits per heavy atom. The minimum Gasteiger partial charge on any atom is -0.409 e. The van der Waals surface area contributed by atoms with Gasteiger partial charge in [-0.3, -0.25) is 0 Å². The van der Waals surface area contributed by atoms with Crippen molar-refractivity contribution in [2.75, 3.05) is 13.7 Å². The van der Waals surface area contributed by atoms with Crippen LogP contribution >= 0.6 is 0 Å². The summed E-state index contributed by atoms with van der Waals surface area (Å²) >= 11 is 0. The van der Waals surface area contributed by atoms with Gasteiger partial charge >= 0.3 is 0 Å². The van der Waals surface area contributed by atoms with Gasteiger partial charge in [-0.2, -0.15) is 0 Å². The molecule has 5 nitrogen and oxygen atoms in total. The number of nitrogens with two attached hydrogens (primary N) is 1. The van der Waals surface area contributed by atoms with Gasteiger partial charge in [-0.15, -0.1) is 0 Å². The summed E-state index contributed by atoms with van der Waals surface area (Å²) in [6, 6.07) is 3.62. The molecule has 0 aliphatic heterocycles. The van der Waals surface area contributed by atoms with Crippen LogP contribution in [0, 0.1) is 0 Å². The van der Waals surface area contributed by atoms with E-state index in [4.69, 9.17) is 15.7 Å². The number of amidine groups is 1. The third-order valence-electron chi connectivity index (χ3n) is 1.74. The molecule has 13 heavy (non-hydrogen) atoms. The lowest BCUT2D eigenvalue weighted by Gasteiger charge is -2.06. The lowest BCUT2D eigenvalue weighted by molar-refractivity contribution is 0.187. The van der Waals surface area contributed by atoms with Gasteiger partial charge in [0.2, 0.25) is 0 Å². The van der Waals surface area contributed by atoms with Gasteiger partial charge in [0.1, 0.15) is 0 Å². The summed E-state index contributed by atoms with van der Waals surface area (Å²) in [5.41, 5.74) is 6.14. The molecule has 0 atom stereocenters. The van der Waals surface area contributed by atoms with Crippen LogP contribution in [0.3, 0.4) is 0 Å². The number of rotatable bonds is 4. The van der Waals surface area contributed by atoms with E-state index in [-0.39, 0.29) is 5.84 Å². The molecule has 5 heteroatoms. The van der Waals surface area contributed by atoms with E-state index in [0.29, 0.717) is 18.8 Å². The van der Waals surface area contributed by atoms with Gasteiger partial charge in [0.15, 0.2) is 5.84 Å². The molecule has 0 amide bonds. The van der Waals surface area contributed by atoms with Crippen LogP contribution in [-0.4, -0.2) is 29.3 Å². The first-order valence-electron chi connectivity index (χ1n) is 3.91. The van der Waals surface area contributed by atoms with Crippen LogP contribution in [0.5, 0.6) is 0 Å². The molecule has 0 bridgehead atoms. The monoisotopic (exact) mass is 183 g/mol. The van der Waals surface area contributed by atoms with E-state index in [2.05, 4.69) is 5.16 Å². The number of hydrogen-bond acceptors (Lipinski definition) is 3. The van der Waals surface area contributed by atoms with Crippen LogP contribution in [0.25, 0.3) is 0 Å². The maximum Gasteiger partial charge on any atom is 0.186 e. The third-order valence-corrected chi connectivity index (χ3v) is 1.74. The minimum atomic E-state index is 0.112. The van der Waals surface area contributed by atoms with Crippen molar-refractivity contribution in [3.63, 3.8) is 0 Å². The molecule has 0 radical (unpaired) electrons. The van der Waals surface area contributed by atoms with Crippen molar-refractivity contribution in [3.05, 3.63) is 24.0 Å². The predicted molar refractivity (Wildman–Crippen MR) is 48.8 cm³/mol. The molecule has 0 aliphatic rings. The quantitative estimate of drug-likeness (QED) is 0.304. The van der Waals surface area contributed by atoms with Gasteiger partial charge in [-0.25, -0.2) is 0 Å². The topological polar surface area (TPSA) is 72.8 Å². The zero-order valence-corrected chi connectivity index (χ0v) is 7.47. The summed E-state index contributed by atoms with van der Waals surface area (Å²) in [4.78, 5) is 0. The fourth-order valence-corrected chi connectivity index (χ4v) is 1.08. The predicted octanol–water partition coefficient (Wildman–Crippen LogP) is 0.229. The zero-order valence-electron chi connectivity index (χ0n) is 7.47. The van der Waals surface area contributed by atoms with Crippen molar-refractivity contribution in [1.82, 2.24) is 4.57 Å². The highest BCUT2D eigenvalue weighted by Crippen LogP contribution is 2.01. The molecule has 0 saturated carbocycles. The molecular formula is C8H13N3O2. The Morgan fingerprint density at radius 1 is 1.77 bits per heavy atom. The molecule has 1 heterocycles. The SMILES string of the molecule is COCCn1cccc1/C(N)=N/O. The van der Waals surface area contributed by atoms with Crippen molar-refractivity contribution in [1.29, 1.82) is 0 Å². The second kappa shape index (κ2) is 4.51. The molecule has 0 spiro atoms. The van der Waals surface area contributed by atoms with Crippen LogP contribution in [0.15, 0.2) is 23.5 Å². The normalized spacial score (nSPS) is 11.9. The minimum absolute atomic E-state index is 0.112. The molecular weight excluding hydrogens is 170 g/mol. The summed E-state index contributed by atoms with van der Waals surface area (Å²) in [6.07, 6.45) is 1.85. The van der Waals surface area contributed by atoms with E-state index >= 15 is 0 Å². The summed E-state index contributed by atoms with van der Waals surface area (Å²) in [7, 11) is 1.63. The first-order chi connectivity index (χ1) is 6.29. The maximum absolute atomic E-state index is 8.47. The molecule has 0 unspecified atom stereocenters. The Kier molecular flexibility index (Phi) is 3.33. The maximum atomic E-state index is 8.47. The summed E-state index contributed by atoms with van der Waals surface area (Å²) in [5.74, 6) is 0.112. The molecule has 0 fully saturated rings. The average Bonchev–Trinajstić information content (AvgIpc) is 2.61. The van der Waals surface area contributed by atoms with Gasteiger partial charge in [-0.05, 0) is 12.1 Å². The number of aromatic nitrogens is 1. The van der Waals surface area contributed by atoms with Crippen molar-refractivity contribution in [2.45, 2.75) is 6.54 Å². The zero-order chi connectivity index (χ0) is 9.68. The molecule has 0 aliphatic carbocycles. The van der Waals surface area contributed by atoms with E-state index in [9.17, 15) is 0 Å². The molecule has 1 aromatic rings. The van der Waals surface area contributed by atoms with E-state index in [0.717, 1.165) is 0 Å². The van der Waals surface area contributed by atoms with Gasteiger partial charge in [0.05, 0.1) is 12.3 Å². The molecule has 1 aromatic heterocycles. The standard InChI is InChI=1S/C8H13N3O2/c1-13-6-5-11-4-2-3-7(11)8(9)10-12/h2-4,12H,5-6H2,1H3,(H2,9,10). The van der Waals surface area contributed by atoms with Crippen LogP contribution in [-0.2, 0) is 11.3 Å². The summed E-state index contributed by atoms with van der Waals surface area (Å²) < 4.78 is 6.78. The smallest absolute Gasteiger partial charge is 0.186 e. The van der Waals surface area contributed by atoms with Crippen LogP contribution in [0.2, 0.25) is 0 Å². The number of ether oxygens (including phenoxy) is 1. The first-order valence-corrected chi connectivity index (χ1v) is 3.91. The van der Waals surface area contributed by atoms with E-state index in [1.807, 2.05) is 16.8 Å². The molecule has 0 saturated heterocycles. The van der Waals surface area contributed by atoms with E-state index < -0.39 is 0 Å². The van der Waals surface area contributed by atoms with Crippen LogP contribution in [0.1, 0.15) is 5.69 Å². The first kappa shape index (κ1) is 9.60. The van der Waals surface area contributed by atoms with Crippen molar-refractivity contribution < 1.29 is 9.94 Å². The fourth-order valence-electron chi connectivity index (χ4n) is 1.08. The number of methoxy groups -OCH3 is 1. The van der Waals surface area contributed by atoms with Crippen LogP contribution in [0.4, 0.5) is 0 Å². The number of nitrogens with zero attached hydrogens (tertiary/aromatic N) is 2. The molecule has 1 rings (SSSR count). The van der Waals surface area contributed by atoms with E-state index in [1.165, 1.54) is 0 Å². The van der Waals surface area contributed by atoms with Gasteiger partial charge in [-0.1, -0.05) is 5.16 Å². The van der Waals surface area contributed by atoms with Gasteiger partial charge < -0.3 is 20.2 Å². The van der Waals surface area contributed by atoms with Gasteiger partial charge in [0, 0.05) is 19.9 Å². The molecule has 3 N–H and O–H groups in total. The Labute approximate surface area is 76.4 Å². The molecule has 0 aromatic carbocycles. The summed E-state index contributed by atoms with van der Waals surface area (Å²) in [5, 5.41) is 11.4. The van der Waals surface area contributed by atoms with Crippen molar-refractivity contribution >= 4 is 5.84 Å². The number of hydrogen-bond donors (Lipinski definition) is 2. The highest BCUT2D eigenvalue weighted by molar-refractivity contribution is 5.95. The van der Waals surface area contributed by atoms with Crippen molar-refractivity contribution in [3.8, 4) is 0 Å².